The molecule has 0 bridgehead atoms. The summed E-state index contributed by atoms with van der Waals surface area (Å²) in [5.41, 5.74) is 0.825. The molecule has 1 amide bonds. The molecular weight excluding hydrogens is 224 g/mol. The smallest absolute Gasteiger partial charge is 0.242 e. The molecule has 1 aromatic carbocycles. The molecule has 1 aliphatic heterocycles. The fraction of sp³-hybridized carbons (Fsp3) is 0.417. The lowest BCUT2D eigenvalue weighted by Crippen LogP contribution is -2.37. The van der Waals surface area contributed by atoms with Gasteiger partial charge in [-0.25, -0.2) is 0 Å². The zero-order valence-electron chi connectivity index (χ0n) is 9.00. The maximum atomic E-state index is 11.7. The number of carbonyl (C=O) groups is 1. The first kappa shape index (κ1) is 11.3. The fourth-order valence-electron chi connectivity index (χ4n) is 1.84. The minimum Gasteiger partial charge on any atom is -0.372 e. The molecule has 1 saturated heterocycles. The van der Waals surface area contributed by atoms with Crippen molar-refractivity contribution in [2.24, 2.45) is 0 Å². The van der Waals surface area contributed by atoms with Gasteiger partial charge in [-0.3, -0.25) is 4.79 Å². The van der Waals surface area contributed by atoms with Crippen molar-refractivity contribution in [3.63, 3.8) is 0 Å². The van der Waals surface area contributed by atoms with Gasteiger partial charge in [0.15, 0.2) is 0 Å². The number of benzene rings is 1. The van der Waals surface area contributed by atoms with Crippen LogP contribution in [0.5, 0.6) is 0 Å². The lowest BCUT2D eigenvalue weighted by atomic mass is 10.1. The number of rotatable bonds is 2. The predicted octanol–water partition coefficient (Wildman–Crippen LogP) is 2.42. The van der Waals surface area contributed by atoms with Gasteiger partial charge in [0.2, 0.25) is 5.91 Å². The van der Waals surface area contributed by atoms with Gasteiger partial charge in [0.05, 0.1) is 10.7 Å². The van der Waals surface area contributed by atoms with Crippen molar-refractivity contribution in [3.05, 3.63) is 29.3 Å². The van der Waals surface area contributed by atoms with Gasteiger partial charge in [0, 0.05) is 6.54 Å². The number of halogens is 1. The molecule has 0 radical (unpaired) electrons. The summed E-state index contributed by atoms with van der Waals surface area (Å²) in [6, 6.07) is 7.32. The Bertz CT molecular complexity index is 381. The summed E-state index contributed by atoms with van der Waals surface area (Å²) < 4.78 is 0. The third-order valence-corrected chi connectivity index (χ3v) is 3.07. The van der Waals surface area contributed by atoms with Crippen molar-refractivity contribution in [1.82, 2.24) is 5.32 Å². The first-order valence-corrected chi connectivity index (χ1v) is 5.94. The van der Waals surface area contributed by atoms with E-state index >= 15 is 0 Å². The lowest BCUT2D eigenvalue weighted by Gasteiger charge is -2.17. The van der Waals surface area contributed by atoms with E-state index in [0.717, 1.165) is 31.5 Å². The number of amides is 1. The van der Waals surface area contributed by atoms with Gasteiger partial charge in [-0.1, -0.05) is 23.7 Å². The number of hydrogen-bond acceptors (Lipinski definition) is 2. The standard InChI is InChI=1S/C12H15ClN2O/c13-9-5-1-2-6-10(9)15-11-7-3-4-8-14-12(11)16/h1-2,5-6,11,15H,3-4,7-8H2,(H,14,16). The third-order valence-electron chi connectivity index (χ3n) is 2.74. The topological polar surface area (TPSA) is 41.1 Å². The van der Waals surface area contributed by atoms with E-state index in [1.807, 2.05) is 24.3 Å². The van der Waals surface area contributed by atoms with Gasteiger partial charge in [-0.2, -0.15) is 0 Å². The van der Waals surface area contributed by atoms with Crippen molar-refractivity contribution in [2.75, 3.05) is 11.9 Å². The highest BCUT2D eigenvalue weighted by Gasteiger charge is 2.20. The average molecular weight is 239 g/mol. The molecule has 1 aromatic rings. The minimum atomic E-state index is -0.164. The molecule has 1 aliphatic rings. The normalized spacial score (nSPS) is 21.1. The van der Waals surface area contributed by atoms with Gasteiger partial charge in [0.25, 0.3) is 0 Å². The van der Waals surface area contributed by atoms with E-state index in [4.69, 9.17) is 11.6 Å². The quantitative estimate of drug-likeness (QED) is 0.831. The number of carbonyl (C=O) groups excluding carboxylic acids is 1. The molecule has 0 saturated carbocycles. The number of para-hydroxylation sites is 1. The summed E-state index contributed by atoms with van der Waals surface area (Å²) in [6.45, 7) is 0.777. The van der Waals surface area contributed by atoms with E-state index in [1.54, 1.807) is 0 Å². The average Bonchev–Trinajstić information content (AvgIpc) is 2.48. The van der Waals surface area contributed by atoms with E-state index < -0.39 is 0 Å². The molecule has 1 unspecified atom stereocenters. The monoisotopic (exact) mass is 238 g/mol. The Morgan fingerprint density at radius 1 is 1.31 bits per heavy atom. The first-order chi connectivity index (χ1) is 7.77. The molecule has 86 valence electrons. The van der Waals surface area contributed by atoms with Crippen LogP contribution in [-0.2, 0) is 4.79 Å². The molecule has 0 spiro atoms. The molecule has 1 fully saturated rings. The molecular formula is C12H15ClN2O. The number of hydrogen-bond donors (Lipinski definition) is 2. The van der Waals surface area contributed by atoms with Crippen LogP contribution in [0.15, 0.2) is 24.3 Å². The number of anilines is 1. The van der Waals surface area contributed by atoms with E-state index in [0.29, 0.717) is 5.02 Å². The summed E-state index contributed by atoms with van der Waals surface area (Å²) in [7, 11) is 0. The van der Waals surface area contributed by atoms with E-state index in [9.17, 15) is 4.79 Å². The fourth-order valence-corrected chi connectivity index (χ4v) is 2.03. The van der Waals surface area contributed by atoms with Crippen LogP contribution >= 0.6 is 11.6 Å². The summed E-state index contributed by atoms with van der Waals surface area (Å²) in [6.07, 6.45) is 2.96. The van der Waals surface area contributed by atoms with Crippen molar-refractivity contribution >= 4 is 23.2 Å². The van der Waals surface area contributed by atoms with Crippen molar-refractivity contribution in [2.45, 2.75) is 25.3 Å². The summed E-state index contributed by atoms with van der Waals surface area (Å²) in [4.78, 5) is 11.7. The number of nitrogens with one attached hydrogen (secondary N) is 2. The highest BCUT2D eigenvalue weighted by atomic mass is 35.5. The second kappa shape index (κ2) is 5.21. The molecule has 2 N–H and O–H groups in total. The zero-order valence-corrected chi connectivity index (χ0v) is 9.76. The molecule has 16 heavy (non-hydrogen) atoms. The largest absolute Gasteiger partial charge is 0.372 e. The van der Waals surface area contributed by atoms with Crippen LogP contribution in [0.3, 0.4) is 0 Å². The molecule has 4 heteroatoms. The summed E-state index contributed by atoms with van der Waals surface area (Å²) in [5.74, 6) is 0.0671. The van der Waals surface area contributed by atoms with Crippen molar-refractivity contribution in [3.8, 4) is 0 Å². The summed E-state index contributed by atoms with van der Waals surface area (Å²) in [5, 5.41) is 6.74. The Kier molecular flexibility index (Phi) is 3.67. The Labute approximate surface area is 100 Å². The van der Waals surface area contributed by atoms with E-state index in [2.05, 4.69) is 10.6 Å². The molecule has 1 heterocycles. The molecule has 2 rings (SSSR count). The van der Waals surface area contributed by atoms with Crippen LogP contribution in [0, 0.1) is 0 Å². The van der Waals surface area contributed by atoms with Crippen LogP contribution in [0.4, 0.5) is 5.69 Å². The SMILES string of the molecule is O=C1NCCCCC1Nc1ccccc1Cl. The summed E-state index contributed by atoms with van der Waals surface area (Å²) >= 11 is 6.04. The highest BCUT2D eigenvalue weighted by Crippen LogP contribution is 2.22. The van der Waals surface area contributed by atoms with Crippen LogP contribution in [0.2, 0.25) is 5.02 Å². The Balaban J connectivity index is 2.08. The first-order valence-electron chi connectivity index (χ1n) is 5.56. The second-order valence-electron chi connectivity index (χ2n) is 3.96. The lowest BCUT2D eigenvalue weighted by molar-refractivity contribution is -0.121. The second-order valence-corrected chi connectivity index (χ2v) is 4.37. The molecule has 0 aliphatic carbocycles. The Morgan fingerprint density at radius 2 is 2.12 bits per heavy atom. The van der Waals surface area contributed by atoms with Crippen LogP contribution < -0.4 is 10.6 Å². The van der Waals surface area contributed by atoms with Crippen LogP contribution in [0.25, 0.3) is 0 Å². The van der Waals surface area contributed by atoms with Gasteiger partial charge >= 0.3 is 0 Å². The van der Waals surface area contributed by atoms with Gasteiger partial charge in [0.1, 0.15) is 6.04 Å². The van der Waals surface area contributed by atoms with Crippen molar-refractivity contribution < 1.29 is 4.79 Å². The van der Waals surface area contributed by atoms with Gasteiger partial charge < -0.3 is 10.6 Å². The molecule has 0 aromatic heterocycles. The van der Waals surface area contributed by atoms with Gasteiger partial charge in [-0.15, -0.1) is 0 Å². The van der Waals surface area contributed by atoms with Crippen LogP contribution in [0.1, 0.15) is 19.3 Å². The van der Waals surface area contributed by atoms with Gasteiger partial charge in [-0.05, 0) is 31.4 Å². The Hall–Kier alpha value is -1.22. The van der Waals surface area contributed by atoms with E-state index in [1.165, 1.54) is 0 Å². The van der Waals surface area contributed by atoms with Crippen molar-refractivity contribution in [1.29, 1.82) is 0 Å². The maximum absolute atomic E-state index is 11.7. The Morgan fingerprint density at radius 3 is 2.94 bits per heavy atom. The molecule has 1 atom stereocenters. The minimum absolute atomic E-state index is 0.0671. The van der Waals surface area contributed by atoms with E-state index in [-0.39, 0.29) is 11.9 Å². The predicted molar refractivity (Wildman–Crippen MR) is 65.7 cm³/mol. The third kappa shape index (κ3) is 2.67. The highest BCUT2D eigenvalue weighted by molar-refractivity contribution is 6.33. The maximum Gasteiger partial charge on any atom is 0.242 e. The zero-order chi connectivity index (χ0) is 11.4. The van der Waals surface area contributed by atoms with Crippen LogP contribution in [-0.4, -0.2) is 18.5 Å². The molecule has 3 nitrogen and oxygen atoms in total.